The zero-order valence-corrected chi connectivity index (χ0v) is 11.1. The summed E-state index contributed by atoms with van der Waals surface area (Å²) in [5, 5.41) is 4.18. The Hall–Kier alpha value is -0.940. The summed E-state index contributed by atoms with van der Waals surface area (Å²) >= 11 is 5.15. The van der Waals surface area contributed by atoms with Crippen molar-refractivity contribution in [2.75, 3.05) is 13.1 Å². The third-order valence-electron chi connectivity index (χ3n) is 3.52. The van der Waals surface area contributed by atoms with Gasteiger partial charge in [0.2, 0.25) is 0 Å². The van der Waals surface area contributed by atoms with Crippen LogP contribution in [-0.2, 0) is 13.5 Å². The second-order valence-corrected chi connectivity index (χ2v) is 5.12. The van der Waals surface area contributed by atoms with E-state index >= 15 is 0 Å². The standard InChI is InChI=1S/C12H20N4S/c1-15-10(5-7-14-15)6-9-16-8-3-2-4-11(16)12(13)17/h5,7,11H,2-4,6,8-9H2,1H3,(H2,13,17). The smallest absolute Gasteiger partial charge is 0.0902 e. The number of thiocarbonyl (C=S) groups is 1. The SMILES string of the molecule is Cn1nccc1CCN1CCCCC1C(N)=S. The van der Waals surface area contributed by atoms with E-state index in [4.69, 9.17) is 18.0 Å². The molecule has 0 radical (unpaired) electrons. The Balaban J connectivity index is 1.92. The third kappa shape index (κ3) is 3.04. The number of aromatic nitrogens is 2. The molecular formula is C12H20N4S. The molecule has 0 aromatic carbocycles. The summed E-state index contributed by atoms with van der Waals surface area (Å²) in [4.78, 5) is 3.06. The van der Waals surface area contributed by atoms with Gasteiger partial charge < -0.3 is 5.73 Å². The van der Waals surface area contributed by atoms with Crippen molar-refractivity contribution in [2.45, 2.75) is 31.7 Å². The fourth-order valence-electron chi connectivity index (χ4n) is 2.49. The Morgan fingerprint density at radius 3 is 3.06 bits per heavy atom. The van der Waals surface area contributed by atoms with E-state index in [0.29, 0.717) is 11.0 Å². The highest BCUT2D eigenvalue weighted by molar-refractivity contribution is 7.80. The van der Waals surface area contributed by atoms with E-state index in [1.54, 1.807) is 0 Å². The van der Waals surface area contributed by atoms with Crippen molar-refractivity contribution in [1.29, 1.82) is 0 Å². The molecule has 2 rings (SSSR count). The summed E-state index contributed by atoms with van der Waals surface area (Å²) in [5.74, 6) is 0. The van der Waals surface area contributed by atoms with E-state index in [9.17, 15) is 0 Å². The topological polar surface area (TPSA) is 47.1 Å². The summed E-state index contributed by atoms with van der Waals surface area (Å²) in [6.07, 6.45) is 6.46. The second-order valence-electron chi connectivity index (χ2n) is 4.65. The van der Waals surface area contributed by atoms with E-state index in [2.05, 4.69) is 16.1 Å². The van der Waals surface area contributed by atoms with E-state index in [-0.39, 0.29) is 0 Å². The average Bonchev–Trinajstić information content (AvgIpc) is 2.72. The highest BCUT2D eigenvalue weighted by atomic mass is 32.1. The van der Waals surface area contributed by atoms with Crippen LogP contribution in [0.25, 0.3) is 0 Å². The molecule has 1 saturated heterocycles. The molecule has 1 fully saturated rings. The van der Waals surface area contributed by atoms with Gasteiger partial charge in [0.15, 0.2) is 0 Å². The lowest BCUT2D eigenvalue weighted by Crippen LogP contribution is -2.47. The molecule has 1 aliphatic rings. The quantitative estimate of drug-likeness (QED) is 0.815. The monoisotopic (exact) mass is 252 g/mol. The van der Waals surface area contributed by atoms with Crippen molar-refractivity contribution in [1.82, 2.24) is 14.7 Å². The minimum Gasteiger partial charge on any atom is -0.392 e. The predicted octanol–water partition coefficient (Wildman–Crippen LogP) is 1.10. The number of rotatable bonds is 4. The molecule has 1 aromatic heterocycles. The molecule has 0 bridgehead atoms. The van der Waals surface area contributed by atoms with Gasteiger partial charge in [-0.15, -0.1) is 0 Å². The van der Waals surface area contributed by atoms with Crippen LogP contribution in [0.15, 0.2) is 12.3 Å². The van der Waals surface area contributed by atoms with E-state index in [1.165, 1.54) is 18.5 Å². The first-order valence-electron chi connectivity index (χ1n) is 6.18. The lowest BCUT2D eigenvalue weighted by molar-refractivity contribution is 0.194. The zero-order valence-electron chi connectivity index (χ0n) is 10.3. The molecule has 1 atom stereocenters. The molecular weight excluding hydrogens is 232 g/mol. The van der Waals surface area contributed by atoms with Gasteiger partial charge in [0.25, 0.3) is 0 Å². The number of likely N-dealkylation sites (tertiary alicyclic amines) is 1. The number of nitrogens with zero attached hydrogens (tertiary/aromatic N) is 3. The van der Waals surface area contributed by atoms with Gasteiger partial charge in [-0.1, -0.05) is 18.6 Å². The first-order chi connectivity index (χ1) is 8.18. The van der Waals surface area contributed by atoms with Crippen LogP contribution in [0.4, 0.5) is 0 Å². The summed E-state index contributed by atoms with van der Waals surface area (Å²) < 4.78 is 1.93. The van der Waals surface area contributed by atoms with Crippen molar-refractivity contribution < 1.29 is 0 Å². The molecule has 4 nitrogen and oxygen atoms in total. The van der Waals surface area contributed by atoms with E-state index < -0.39 is 0 Å². The summed E-state index contributed by atoms with van der Waals surface area (Å²) in [7, 11) is 1.98. The van der Waals surface area contributed by atoms with Gasteiger partial charge in [-0.2, -0.15) is 5.10 Å². The van der Waals surface area contributed by atoms with Crippen molar-refractivity contribution in [3.05, 3.63) is 18.0 Å². The van der Waals surface area contributed by atoms with Gasteiger partial charge in [0.1, 0.15) is 0 Å². The minimum absolute atomic E-state index is 0.298. The fraction of sp³-hybridized carbons (Fsp3) is 0.667. The van der Waals surface area contributed by atoms with Gasteiger partial charge in [-0.3, -0.25) is 9.58 Å². The molecule has 5 heteroatoms. The molecule has 1 aromatic rings. The summed E-state index contributed by atoms with van der Waals surface area (Å²) in [6.45, 7) is 2.13. The average molecular weight is 252 g/mol. The Labute approximate surface area is 108 Å². The van der Waals surface area contributed by atoms with Crippen LogP contribution in [0.1, 0.15) is 25.0 Å². The Bertz CT molecular complexity index is 388. The van der Waals surface area contributed by atoms with Crippen LogP contribution in [0.5, 0.6) is 0 Å². The van der Waals surface area contributed by atoms with Crippen LogP contribution < -0.4 is 5.73 Å². The molecule has 0 spiro atoms. The fourth-order valence-corrected chi connectivity index (χ4v) is 2.75. The second kappa shape index (κ2) is 5.60. The Morgan fingerprint density at radius 1 is 1.59 bits per heavy atom. The predicted molar refractivity (Wildman–Crippen MR) is 72.9 cm³/mol. The molecule has 1 unspecified atom stereocenters. The van der Waals surface area contributed by atoms with Crippen molar-refractivity contribution in [3.8, 4) is 0 Å². The lowest BCUT2D eigenvalue weighted by Gasteiger charge is -2.34. The molecule has 2 heterocycles. The number of aryl methyl sites for hydroxylation is 1. The number of piperidine rings is 1. The Kier molecular flexibility index (Phi) is 4.12. The van der Waals surface area contributed by atoms with Crippen LogP contribution in [-0.4, -0.2) is 38.8 Å². The molecule has 0 saturated carbocycles. The molecule has 0 aliphatic carbocycles. The first kappa shape index (κ1) is 12.5. The van der Waals surface area contributed by atoms with E-state index in [0.717, 1.165) is 25.9 Å². The summed E-state index contributed by atoms with van der Waals surface area (Å²) in [5.41, 5.74) is 7.07. The lowest BCUT2D eigenvalue weighted by atomic mass is 10.0. The normalized spacial score (nSPS) is 21.6. The summed E-state index contributed by atoms with van der Waals surface area (Å²) in [6, 6.07) is 2.37. The maximum absolute atomic E-state index is 5.81. The molecule has 94 valence electrons. The number of hydrogen-bond donors (Lipinski definition) is 1. The van der Waals surface area contributed by atoms with Gasteiger partial charge in [0.05, 0.1) is 11.0 Å². The maximum atomic E-state index is 5.81. The molecule has 2 N–H and O–H groups in total. The van der Waals surface area contributed by atoms with E-state index in [1.807, 2.05) is 17.9 Å². The van der Waals surface area contributed by atoms with Gasteiger partial charge in [-0.05, 0) is 25.5 Å². The van der Waals surface area contributed by atoms with Crippen LogP contribution in [0.3, 0.4) is 0 Å². The van der Waals surface area contributed by atoms with Crippen molar-refractivity contribution in [2.24, 2.45) is 12.8 Å². The first-order valence-corrected chi connectivity index (χ1v) is 6.59. The maximum Gasteiger partial charge on any atom is 0.0902 e. The highest BCUT2D eigenvalue weighted by Crippen LogP contribution is 2.17. The largest absolute Gasteiger partial charge is 0.392 e. The number of nitrogens with two attached hydrogens (primary N) is 1. The number of hydrogen-bond acceptors (Lipinski definition) is 3. The zero-order chi connectivity index (χ0) is 12.3. The van der Waals surface area contributed by atoms with Crippen molar-refractivity contribution >= 4 is 17.2 Å². The third-order valence-corrected chi connectivity index (χ3v) is 3.79. The van der Waals surface area contributed by atoms with Crippen LogP contribution in [0.2, 0.25) is 0 Å². The van der Waals surface area contributed by atoms with Crippen LogP contribution >= 0.6 is 12.2 Å². The minimum atomic E-state index is 0.298. The van der Waals surface area contributed by atoms with Gasteiger partial charge in [-0.25, -0.2) is 0 Å². The Morgan fingerprint density at radius 2 is 2.41 bits per heavy atom. The van der Waals surface area contributed by atoms with Crippen LogP contribution in [0, 0.1) is 0 Å². The van der Waals surface area contributed by atoms with Gasteiger partial charge >= 0.3 is 0 Å². The highest BCUT2D eigenvalue weighted by Gasteiger charge is 2.24. The molecule has 0 amide bonds. The van der Waals surface area contributed by atoms with Gasteiger partial charge in [0, 0.05) is 31.9 Å². The molecule has 1 aliphatic heterocycles. The van der Waals surface area contributed by atoms with Crippen molar-refractivity contribution in [3.63, 3.8) is 0 Å². The molecule has 17 heavy (non-hydrogen) atoms.